The van der Waals surface area contributed by atoms with Crippen molar-refractivity contribution in [2.75, 3.05) is 18.5 Å². The fourth-order valence-corrected chi connectivity index (χ4v) is 1.77. The molecule has 1 aromatic carbocycles. The van der Waals surface area contributed by atoms with Crippen LogP contribution in [0.2, 0.25) is 0 Å². The van der Waals surface area contributed by atoms with E-state index in [1.54, 1.807) is 0 Å². The molecule has 0 bridgehead atoms. The first-order valence-corrected chi connectivity index (χ1v) is 7.02. The van der Waals surface area contributed by atoms with E-state index in [4.69, 9.17) is 0 Å². The van der Waals surface area contributed by atoms with Crippen molar-refractivity contribution in [3.8, 4) is 0 Å². The molecule has 0 saturated heterocycles. The van der Waals surface area contributed by atoms with E-state index in [2.05, 4.69) is 69.2 Å². The third-order valence-electron chi connectivity index (χ3n) is 3.13. The first kappa shape index (κ1) is 15.0. The maximum atomic E-state index is 3.44. The van der Waals surface area contributed by atoms with Crippen molar-refractivity contribution in [2.24, 2.45) is 5.92 Å². The molecule has 1 N–H and O–H groups in total. The van der Waals surface area contributed by atoms with Gasteiger partial charge in [0.2, 0.25) is 0 Å². The van der Waals surface area contributed by atoms with Gasteiger partial charge in [-0.2, -0.15) is 0 Å². The molecule has 0 aliphatic heterocycles. The predicted molar refractivity (Wildman–Crippen MR) is 81.1 cm³/mol. The van der Waals surface area contributed by atoms with E-state index >= 15 is 0 Å². The molecule has 0 aliphatic rings. The van der Waals surface area contributed by atoms with Crippen LogP contribution in [0, 0.1) is 5.92 Å². The van der Waals surface area contributed by atoms with E-state index < -0.39 is 0 Å². The largest absolute Gasteiger partial charge is 0.375 e. The first-order chi connectivity index (χ1) is 8.49. The SMILES string of the molecule is CC(C)CCN(C)c1ccc(CNC(C)C)cc1. The minimum atomic E-state index is 0.540. The monoisotopic (exact) mass is 248 g/mol. The van der Waals surface area contributed by atoms with Crippen LogP contribution in [0.5, 0.6) is 0 Å². The van der Waals surface area contributed by atoms with Gasteiger partial charge in [-0.15, -0.1) is 0 Å². The van der Waals surface area contributed by atoms with Gasteiger partial charge in [-0.3, -0.25) is 0 Å². The molecule has 0 unspecified atom stereocenters. The second-order valence-electron chi connectivity index (χ2n) is 5.81. The van der Waals surface area contributed by atoms with Crippen molar-refractivity contribution in [3.63, 3.8) is 0 Å². The molecular weight excluding hydrogens is 220 g/mol. The molecular formula is C16H28N2. The van der Waals surface area contributed by atoms with Gasteiger partial charge in [0.15, 0.2) is 0 Å². The van der Waals surface area contributed by atoms with Crippen molar-refractivity contribution >= 4 is 5.69 Å². The first-order valence-electron chi connectivity index (χ1n) is 7.02. The van der Waals surface area contributed by atoms with Gasteiger partial charge in [-0.05, 0) is 30.0 Å². The molecule has 0 amide bonds. The summed E-state index contributed by atoms with van der Waals surface area (Å²) in [5, 5.41) is 3.44. The van der Waals surface area contributed by atoms with Crippen LogP contribution in [-0.2, 0) is 6.54 Å². The van der Waals surface area contributed by atoms with Gasteiger partial charge >= 0.3 is 0 Å². The Morgan fingerprint density at radius 2 is 1.67 bits per heavy atom. The highest BCUT2D eigenvalue weighted by atomic mass is 15.1. The summed E-state index contributed by atoms with van der Waals surface area (Å²) in [4.78, 5) is 2.33. The lowest BCUT2D eigenvalue weighted by molar-refractivity contribution is 0.584. The normalized spacial score (nSPS) is 11.3. The Kier molecular flexibility index (Phi) is 6.20. The number of anilines is 1. The van der Waals surface area contributed by atoms with Gasteiger partial charge in [-0.25, -0.2) is 0 Å². The minimum Gasteiger partial charge on any atom is -0.375 e. The average Bonchev–Trinajstić information content (AvgIpc) is 2.34. The van der Waals surface area contributed by atoms with E-state index in [0.717, 1.165) is 19.0 Å². The number of nitrogens with zero attached hydrogens (tertiary/aromatic N) is 1. The molecule has 2 heteroatoms. The van der Waals surface area contributed by atoms with E-state index in [0.29, 0.717) is 6.04 Å². The summed E-state index contributed by atoms with van der Waals surface area (Å²) in [5.74, 6) is 0.766. The molecule has 0 aliphatic carbocycles. The summed E-state index contributed by atoms with van der Waals surface area (Å²) in [6, 6.07) is 9.42. The fourth-order valence-electron chi connectivity index (χ4n) is 1.77. The highest BCUT2D eigenvalue weighted by Gasteiger charge is 2.02. The van der Waals surface area contributed by atoms with Crippen molar-refractivity contribution in [1.82, 2.24) is 5.32 Å². The molecule has 0 atom stereocenters. The lowest BCUT2D eigenvalue weighted by Crippen LogP contribution is -2.22. The molecule has 1 rings (SSSR count). The Morgan fingerprint density at radius 1 is 1.06 bits per heavy atom. The van der Waals surface area contributed by atoms with Crippen LogP contribution in [0.3, 0.4) is 0 Å². The summed E-state index contributed by atoms with van der Waals surface area (Å²) in [6.45, 7) is 11.0. The van der Waals surface area contributed by atoms with E-state index in [9.17, 15) is 0 Å². The molecule has 1 aromatic rings. The zero-order valence-corrected chi connectivity index (χ0v) is 12.5. The Labute approximate surface area is 112 Å². The minimum absolute atomic E-state index is 0.540. The van der Waals surface area contributed by atoms with Crippen LogP contribution >= 0.6 is 0 Å². The molecule has 0 spiro atoms. The zero-order chi connectivity index (χ0) is 13.5. The average molecular weight is 248 g/mol. The maximum absolute atomic E-state index is 3.44. The van der Waals surface area contributed by atoms with Crippen LogP contribution in [0.15, 0.2) is 24.3 Å². The summed E-state index contributed by atoms with van der Waals surface area (Å²) in [6.07, 6.45) is 1.24. The topological polar surface area (TPSA) is 15.3 Å². The van der Waals surface area contributed by atoms with Crippen LogP contribution in [0.25, 0.3) is 0 Å². The Bertz CT molecular complexity index is 327. The Morgan fingerprint density at radius 3 is 2.17 bits per heavy atom. The molecule has 0 fully saturated rings. The Balaban J connectivity index is 2.48. The second-order valence-corrected chi connectivity index (χ2v) is 5.81. The number of hydrogen-bond acceptors (Lipinski definition) is 2. The summed E-state index contributed by atoms with van der Waals surface area (Å²) >= 11 is 0. The quantitative estimate of drug-likeness (QED) is 0.792. The molecule has 18 heavy (non-hydrogen) atoms. The molecule has 0 heterocycles. The van der Waals surface area contributed by atoms with Gasteiger partial charge < -0.3 is 10.2 Å². The van der Waals surface area contributed by atoms with Crippen LogP contribution < -0.4 is 10.2 Å². The third kappa shape index (κ3) is 5.54. The van der Waals surface area contributed by atoms with Gasteiger partial charge in [0.1, 0.15) is 0 Å². The van der Waals surface area contributed by atoms with Crippen molar-refractivity contribution in [2.45, 2.75) is 46.7 Å². The molecule has 0 aromatic heterocycles. The van der Waals surface area contributed by atoms with Crippen LogP contribution in [0.1, 0.15) is 39.7 Å². The van der Waals surface area contributed by atoms with Crippen molar-refractivity contribution < 1.29 is 0 Å². The van der Waals surface area contributed by atoms with Gasteiger partial charge in [0, 0.05) is 31.9 Å². The molecule has 0 saturated carbocycles. The number of benzene rings is 1. The third-order valence-corrected chi connectivity index (χ3v) is 3.13. The van der Waals surface area contributed by atoms with Gasteiger partial charge in [-0.1, -0.05) is 39.8 Å². The summed E-state index contributed by atoms with van der Waals surface area (Å²) < 4.78 is 0. The zero-order valence-electron chi connectivity index (χ0n) is 12.5. The predicted octanol–water partition coefficient (Wildman–Crippen LogP) is 3.67. The smallest absolute Gasteiger partial charge is 0.0363 e. The molecule has 102 valence electrons. The van der Waals surface area contributed by atoms with Crippen molar-refractivity contribution in [3.05, 3.63) is 29.8 Å². The summed E-state index contributed by atoms with van der Waals surface area (Å²) in [7, 11) is 2.17. The van der Waals surface area contributed by atoms with Gasteiger partial charge in [0.25, 0.3) is 0 Å². The number of rotatable bonds is 7. The Hall–Kier alpha value is -1.02. The van der Waals surface area contributed by atoms with Crippen molar-refractivity contribution in [1.29, 1.82) is 0 Å². The standard InChI is InChI=1S/C16H28N2/c1-13(2)10-11-18(5)16-8-6-15(7-9-16)12-17-14(3)4/h6-9,13-14,17H,10-12H2,1-5H3. The summed E-state index contributed by atoms with van der Waals surface area (Å²) in [5.41, 5.74) is 2.66. The fraction of sp³-hybridized carbons (Fsp3) is 0.625. The molecule has 2 nitrogen and oxygen atoms in total. The lowest BCUT2D eigenvalue weighted by atomic mass is 10.1. The second kappa shape index (κ2) is 7.42. The highest BCUT2D eigenvalue weighted by Crippen LogP contribution is 2.15. The molecule has 0 radical (unpaired) electrons. The van der Waals surface area contributed by atoms with E-state index in [1.807, 2.05) is 0 Å². The van der Waals surface area contributed by atoms with Gasteiger partial charge in [0.05, 0.1) is 0 Å². The lowest BCUT2D eigenvalue weighted by Gasteiger charge is -2.20. The van der Waals surface area contributed by atoms with E-state index in [1.165, 1.54) is 17.7 Å². The highest BCUT2D eigenvalue weighted by molar-refractivity contribution is 5.46. The van der Waals surface area contributed by atoms with Crippen LogP contribution in [-0.4, -0.2) is 19.6 Å². The van der Waals surface area contributed by atoms with Crippen LogP contribution in [0.4, 0.5) is 5.69 Å². The number of hydrogen-bond donors (Lipinski definition) is 1. The number of nitrogens with one attached hydrogen (secondary N) is 1. The van der Waals surface area contributed by atoms with E-state index in [-0.39, 0.29) is 0 Å². The maximum Gasteiger partial charge on any atom is 0.0363 e.